The van der Waals surface area contributed by atoms with Gasteiger partial charge in [0.1, 0.15) is 11.7 Å². The first kappa shape index (κ1) is 18.4. The molecule has 0 bridgehead atoms. The van der Waals surface area contributed by atoms with Crippen molar-refractivity contribution in [1.29, 1.82) is 0 Å². The summed E-state index contributed by atoms with van der Waals surface area (Å²) in [6, 6.07) is 11.7. The highest BCUT2D eigenvalue weighted by Crippen LogP contribution is 2.34. The molecule has 1 saturated heterocycles. The molecule has 7 heteroatoms. The third kappa shape index (κ3) is 4.08. The minimum atomic E-state index is -0.849. The molecule has 1 aliphatic rings. The predicted molar refractivity (Wildman–Crippen MR) is 96.6 cm³/mol. The number of carbonyl (C=O) groups is 2. The van der Waals surface area contributed by atoms with Gasteiger partial charge in [-0.3, -0.25) is 4.79 Å². The lowest BCUT2D eigenvalue weighted by molar-refractivity contribution is -0.147. The molecule has 0 saturated carbocycles. The van der Waals surface area contributed by atoms with Crippen LogP contribution in [0.5, 0.6) is 11.5 Å². The summed E-state index contributed by atoms with van der Waals surface area (Å²) in [5, 5.41) is 5.16. The smallest absolute Gasteiger partial charge is 0.319 e. The Balaban J connectivity index is 1.94. The van der Waals surface area contributed by atoms with Gasteiger partial charge in [0.05, 0.1) is 12.6 Å². The van der Waals surface area contributed by atoms with E-state index in [9.17, 15) is 14.0 Å². The maximum atomic E-state index is 14.2. The van der Waals surface area contributed by atoms with Crippen molar-refractivity contribution in [3.63, 3.8) is 0 Å². The van der Waals surface area contributed by atoms with E-state index in [4.69, 9.17) is 9.47 Å². The number of para-hydroxylation sites is 1. The molecule has 0 radical (unpaired) electrons. The Morgan fingerprint density at radius 2 is 1.96 bits per heavy atom. The van der Waals surface area contributed by atoms with Crippen LogP contribution in [0.25, 0.3) is 0 Å². The number of halogens is 1. The second kappa shape index (κ2) is 7.90. The number of hydrogen-bond donors (Lipinski definition) is 2. The molecule has 140 valence electrons. The summed E-state index contributed by atoms with van der Waals surface area (Å²) in [5.41, 5.74) is 0.716. The quantitative estimate of drug-likeness (QED) is 0.788. The predicted octanol–water partition coefficient (Wildman–Crippen LogP) is 3.66. The SMILES string of the molecule is C=C1NC(=O)N[C@@H](c2ccc(F)c(Oc3ccccc3)c2)[C@H]1C(=O)OCC. The largest absolute Gasteiger partial charge is 0.465 e. The van der Waals surface area contributed by atoms with Crippen molar-refractivity contribution in [2.75, 3.05) is 6.61 Å². The molecule has 3 rings (SSSR count). The molecule has 0 aliphatic carbocycles. The number of ether oxygens (including phenoxy) is 2. The summed E-state index contributed by atoms with van der Waals surface area (Å²) in [4.78, 5) is 24.2. The van der Waals surface area contributed by atoms with Crippen LogP contribution in [0.4, 0.5) is 9.18 Å². The lowest BCUT2D eigenvalue weighted by Gasteiger charge is -2.33. The Morgan fingerprint density at radius 3 is 2.67 bits per heavy atom. The fourth-order valence-corrected chi connectivity index (χ4v) is 2.88. The highest BCUT2D eigenvalue weighted by atomic mass is 19.1. The molecule has 2 aromatic rings. The van der Waals surface area contributed by atoms with E-state index < -0.39 is 29.8 Å². The molecule has 2 amide bonds. The van der Waals surface area contributed by atoms with Gasteiger partial charge >= 0.3 is 12.0 Å². The topological polar surface area (TPSA) is 76.7 Å². The molecule has 0 unspecified atom stereocenters. The molecule has 1 fully saturated rings. The minimum absolute atomic E-state index is 0.0142. The summed E-state index contributed by atoms with van der Waals surface area (Å²) in [5.74, 6) is -1.49. The number of esters is 1. The normalized spacial score (nSPS) is 19.0. The van der Waals surface area contributed by atoms with Crippen LogP contribution < -0.4 is 15.4 Å². The van der Waals surface area contributed by atoms with Gasteiger partial charge in [0, 0.05) is 5.70 Å². The summed E-state index contributed by atoms with van der Waals surface area (Å²) in [7, 11) is 0. The number of hydrogen-bond acceptors (Lipinski definition) is 4. The third-order valence-corrected chi connectivity index (χ3v) is 4.10. The minimum Gasteiger partial charge on any atom is -0.465 e. The summed E-state index contributed by atoms with van der Waals surface area (Å²) < 4.78 is 24.9. The van der Waals surface area contributed by atoms with Gasteiger partial charge < -0.3 is 20.1 Å². The lowest BCUT2D eigenvalue weighted by Crippen LogP contribution is -2.51. The average molecular weight is 370 g/mol. The Bertz CT molecular complexity index is 870. The first-order valence-corrected chi connectivity index (χ1v) is 8.45. The van der Waals surface area contributed by atoms with Gasteiger partial charge in [-0.15, -0.1) is 0 Å². The molecular formula is C20H19FN2O4. The second-order valence-corrected chi connectivity index (χ2v) is 5.94. The van der Waals surface area contributed by atoms with Crippen LogP contribution in [0.2, 0.25) is 0 Å². The van der Waals surface area contributed by atoms with Crippen molar-refractivity contribution in [2.24, 2.45) is 5.92 Å². The van der Waals surface area contributed by atoms with Gasteiger partial charge in [-0.25, -0.2) is 9.18 Å². The van der Waals surface area contributed by atoms with E-state index in [-0.39, 0.29) is 18.1 Å². The van der Waals surface area contributed by atoms with E-state index in [1.165, 1.54) is 18.2 Å². The van der Waals surface area contributed by atoms with Crippen molar-refractivity contribution in [3.8, 4) is 11.5 Å². The molecule has 6 nitrogen and oxygen atoms in total. The van der Waals surface area contributed by atoms with Crippen LogP contribution in [-0.2, 0) is 9.53 Å². The summed E-state index contributed by atoms with van der Waals surface area (Å²) in [6.07, 6.45) is 0. The molecule has 1 aliphatic heterocycles. The van der Waals surface area contributed by atoms with Gasteiger partial charge in [0.15, 0.2) is 11.6 Å². The first-order chi connectivity index (χ1) is 13.0. The molecule has 2 aromatic carbocycles. The van der Waals surface area contributed by atoms with Crippen LogP contribution in [-0.4, -0.2) is 18.6 Å². The Morgan fingerprint density at radius 1 is 1.22 bits per heavy atom. The molecule has 0 spiro atoms. The van der Waals surface area contributed by atoms with Crippen molar-refractivity contribution in [2.45, 2.75) is 13.0 Å². The van der Waals surface area contributed by atoms with Gasteiger partial charge in [-0.1, -0.05) is 30.8 Å². The van der Waals surface area contributed by atoms with Gasteiger partial charge in [-0.05, 0) is 36.8 Å². The number of benzene rings is 2. The standard InChI is InChI=1S/C20H19FN2O4/c1-3-26-19(24)17-12(2)22-20(25)23-18(17)13-9-10-15(21)16(11-13)27-14-7-5-4-6-8-14/h4-11,17-18H,2-3H2,1H3,(H2,22,23,25)/t17-,18-/m0/s1. The highest BCUT2D eigenvalue weighted by Gasteiger charge is 2.39. The third-order valence-electron chi connectivity index (χ3n) is 4.10. The average Bonchev–Trinajstić information content (AvgIpc) is 2.64. The molecule has 27 heavy (non-hydrogen) atoms. The molecule has 2 N–H and O–H groups in total. The van der Waals surface area contributed by atoms with Crippen LogP contribution >= 0.6 is 0 Å². The molecule has 1 heterocycles. The first-order valence-electron chi connectivity index (χ1n) is 8.45. The lowest BCUT2D eigenvalue weighted by atomic mass is 9.89. The molecule has 2 atom stereocenters. The highest BCUT2D eigenvalue weighted by molar-refractivity contribution is 5.85. The van der Waals surface area contributed by atoms with E-state index in [2.05, 4.69) is 17.2 Å². The van der Waals surface area contributed by atoms with E-state index in [1.807, 2.05) is 6.07 Å². The Labute approximate surface area is 156 Å². The Hall–Kier alpha value is -3.35. The van der Waals surface area contributed by atoms with Crippen molar-refractivity contribution < 1.29 is 23.5 Å². The zero-order chi connectivity index (χ0) is 19.4. The van der Waals surface area contributed by atoms with Gasteiger partial charge in [-0.2, -0.15) is 0 Å². The summed E-state index contributed by atoms with van der Waals surface area (Å²) in [6.45, 7) is 5.63. The number of rotatable bonds is 5. The van der Waals surface area contributed by atoms with E-state index in [0.29, 0.717) is 11.3 Å². The molecule has 0 aromatic heterocycles. The van der Waals surface area contributed by atoms with Gasteiger partial charge in [0.2, 0.25) is 0 Å². The van der Waals surface area contributed by atoms with Gasteiger partial charge in [0.25, 0.3) is 0 Å². The fourth-order valence-electron chi connectivity index (χ4n) is 2.88. The number of urea groups is 1. The maximum Gasteiger partial charge on any atom is 0.319 e. The van der Waals surface area contributed by atoms with E-state index >= 15 is 0 Å². The van der Waals surface area contributed by atoms with E-state index in [0.717, 1.165) is 0 Å². The Kier molecular flexibility index (Phi) is 5.40. The second-order valence-electron chi connectivity index (χ2n) is 5.94. The monoisotopic (exact) mass is 370 g/mol. The maximum absolute atomic E-state index is 14.2. The van der Waals surface area contributed by atoms with Crippen LogP contribution in [0, 0.1) is 11.7 Å². The van der Waals surface area contributed by atoms with Crippen molar-refractivity contribution >= 4 is 12.0 Å². The number of nitrogens with one attached hydrogen (secondary N) is 2. The number of carbonyl (C=O) groups excluding carboxylic acids is 2. The van der Waals surface area contributed by atoms with E-state index in [1.54, 1.807) is 31.2 Å². The summed E-state index contributed by atoms with van der Waals surface area (Å²) >= 11 is 0. The van der Waals surface area contributed by atoms with Crippen LogP contribution in [0.3, 0.4) is 0 Å². The fraction of sp³-hybridized carbons (Fsp3) is 0.200. The number of amides is 2. The van der Waals surface area contributed by atoms with Crippen molar-refractivity contribution in [3.05, 3.63) is 72.2 Å². The molecular weight excluding hydrogens is 351 g/mol. The zero-order valence-corrected chi connectivity index (χ0v) is 14.7. The van der Waals surface area contributed by atoms with Crippen LogP contribution in [0.15, 0.2) is 60.8 Å². The van der Waals surface area contributed by atoms with Crippen LogP contribution in [0.1, 0.15) is 18.5 Å². The zero-order valence-electron chi connectivity index (χ0n) is 14.7. The van der Waals surface area contributed by atoms with Crippen molar-refractivity contribution in [1.82, 2.24) is 10.6 Å².